The van der Waals surface area contributed by atoms with Crippen LogP contribution in [-0.4, -0.2) is 16.6 Å². The van der Waals surface area contributed by atoms with Crippen molar-refractivity contribution in [2.24, 2.45) is 11.7 Å². The summed E-state index contributed by atoms with van der Waals surface area (Å²) in [6, 6.07) is 0. The van der Waals surface area contributed by atoms with Gasteiger partial charge in [-0.25, -0.2) is 0 Å². The van der Waals surface area contributed by atoms with Crippen molar-refractivity contribution in [3.05, 3.63) is 0 Å². The lowest BCUT2D eigenvalue weighted by Gasteiger charge is -2.25. The van der Waals surface area contributed by atoms with Crippen molar-refractivity contribution in [1.82, 2.24) is 0 Å². The van der Waals surface area contributed by atoms with Crippen LogP contribution >= 0.6 is 0 Å². The Hall–Kier alpha value is -0.570. The number of rotatable bonds is 2. The molecule has 2 atom stereocenters. The molecule has 3 heteroatoms. The van der Waals surface area contributed by atoms with E-state index in [4.69, 9.17) is 10.8 Å². The maximum atomic E-state index is 10.8. The molecule has 11 heavy (non-hydrogen) atoms. The largest absolute Gasteiger partial charge is 0.480 e. The van der Waals surface area contributed by atoms with Crippen molar-refractivity contribution in [1.29, 1.82) is 0 Å². The number of aliphatic carboxylic acids is 1. The summed E-state index contributed by atoms with van der Waals surface area (Å²) in [5, 5.41) is 8.85. The topological polar surface area (TPSA) is 63.3 Å². The summed E-state index contributed by atoms with van der Waals surface area (Å²) in [7, 11) is 0. The Labute approximate surface area is 66.6 Å². The lowest BCUT2D eigenvalue weighted by Crippen LogP contribution is -2.50. The van der Waals surface area contributed by atoms with E-state index in [1.807, 2.05) is 6.92 Å². The zero-order valence-electron chi connectivity index (χ0n) is 6.84. The van der Waals surface area contributed by atoms with Crippen molar-refractivity contribution in [2.75, 3.05) is 0 Å². The normalized spacial score (nSPS) is 37.5. The van der Waals surface area contributed by atoms with Crippen molar-refractivity contribution < 1.29 is 9.90 Å². The standard InChI is InChI=1S/C8H15NO2/c1-2-6-4-3-5-8(6,9)7(10)11/h6H,2-5,9H2,1H3,(H,10,11)/t6-,8+/m1/s1. The van der Waals surface area contributed by atoms with E-state index in [1.165, 1.54) is 0 Å². The zero-order valence-corrected chi connectivity index (χ0v) is 6.84. The zero-order chi connectivity index (χ0) is 8.48. The molecule has 1 saturated carbocycles. The maximum absolute atomic E-state index is 10.8. The fraction of sp³-hybridized carbons (Fsp3) is 0.875. The van der Waals surface area contributed by atoms with Gasteiger partial charge in [0.25, 0.3) is 0 Å². The van der Waals surface area contributed by atoms with Crippen LogP contribution in [0.25, 0.3) is 0 Å². The van der Waals surface area contributed by atoms with Crippen molar-refractivity contribution in [3.63, 3.8) is 0 Å². The van der Waals surface area contributed by atoms with Gasteiger partial charge in [-0.3, -0.25) is 4.79 Å². The van der Waals surface area contributed by atoms with E-state index >= 15 is 0 Å². The van der Waals surface area contributed by atoms with Gasteiger partial charge in [-0.15, -0.1) is 0 Å². The average molecular weight is 157 g/mol. The highest BCUT2D eigenvalue weighted by molar-refractivity contribution is 5.79. The van der Waals surface area contributed by atoms with Crippen LogP contribution in [0.5, 0.6) is 0 Å². The van der Waals surface area contributed by atoms with E-state index in [1.54, 1.807) is 0 Å². The summed E-state index contributed by atoms with van der Waals surface area (Å²) in [5.74, 6) is -0.651. The predicted octanol–water partition coefficient (Wildman–Crippen LogP) is 0.979. The van der Waals surface area contributed by atoms with E-state index in [0.29, 0.717) is 6.42 Å². The Morgan fingerprint density at radius 2 is 2.45 bits per heavy atom. The first-order chi connectivity index (χ1) is 5.11. The highest BCUT2D eigenvalue weighted by atomic mass is 16.4. The van der Waals surface area contributed by atoms with Crippen LogP contribution in [-0.2, 0) is 4.79 Å². The summed E-state index contributed by atoms with van der Waals surface area (Å²) in [6.07, 6.45) is 3.45. The van der Waals surface area contributed by atoms with Crippen LogP contribution in [0.1, 0.15) is 32.6 Å². The third-order valence-electron chi connectivity index (χ3n) is 2.76. The summed E-state index contributed by atoms with van der Waals surface area (Å²) < 4.78 is 0. The number of hydrogen-bond acceptors (Lipinski definition) is 2. The van der Waals surface area contributed by atoms with Crippen LogP contribution in [0.4, 0.5) is 0 Å². The minimum atomic E-state index is -0.922. The van der Waals surface area contributed by atoms with Crippen LogP contribution in [0.15, 0.2) is 0 Å². The molecule has 0 unspecified atom stereocenters. The molecule has 0 bridgehead atoms. The Bertz CT molecular complexity index is 169. The van der Waals surface area contributed by atoms with Gasteiger partial charge < -0.3 is 10.8 Å². The number of nitrogens with two attached hydrogens (primary N) is 1. The maximum Gasteiger partial charge on any atom is 0.323 e. The first-order valence-corrected chi connectivity index (χ1v) is 4.13. The van der Waals surface area contributed by atoms with Gasteiger partial charge in [-0.05, 0) is 18.8 Å². The highest BCUT2D eigenvalue weighted by Gasteiger charge is 2.44. The molecular weight excluding hydrogens is 142 g/mol. The lowest BCUT2D eigenvalue weighted by atomic mass is 9.86. The molecule has 0 amide bonds. The van der Waals surface area contributed by atoms with E-state index in [9.17, 15) is 4.79 Å². The number of carboxylic acid groups (broad SMARTS) is 1. The molecule has 64 valence electrons. The van der Waals surface area contributed by atoms with Crippen LogP contribution < -0.4 is 5.73 Å². The van der Waals surface area contributed by atoms with Crippen molar-refractivity contribution >= 4 is 5.97 Å². The van der Waals surface area contributed by atoms with Gasteiger partial charge in [0.05, 0.1) is 0 Å². The molecular formula is C8H15NO2. The van der Waals surface area contributed by atoms with Crippen LogP contribution in [0.2, 0.25) is 0 Å². The summed E-state index contributed by atoms with van der Waals surface area (Å²) in [5.41, 5.74) is 4.84. The van der Waals surface area contributed by atoms with Crippen molar-refractivity contribution in [3.8, 4) is 0 Å². The Balaban J connectivity index is 2.75. The van der Waals surface area contributed by atoms with Crippen molar-refractivity contribution in [2.45, 2.75) is 38.1 Å². The van der Waals surface area contributed by atoms with Gasteiger partial charge in [0.2, 0.25) is 0 Å². The summed E-state index contributed by atoms with van der Waals surface area (Å²) in [6.45, 7) is 2.00. The highest BCUT2D eigenvalue weighted by Crippen LogP contribution is 2.35. The van der Waals surface area contributed by atoms with Gasteiger partial charge in [-0.2, -0.15) is 0 Å². The Morgan fingerprint density at radius 1 is 1.82 bits per heavy atom. The monoisotopic (exact) mass is 157 g/mol. The Kier molecular flexibility index (Phi) is 2.18. The molecule has 0 heterocycles. The second-order valence-electron chi connectivity index (χ2n) is 3.34. The van der Waals surface area contributed by atoms with E-state index in [2.05, 4.69) is 0 Å². The van der Waals surface area contributed by atoms with Gasteiger partial charge >= 0.3 is 5.97 Å². The molecule has 0 aromatic heterocycles. The summed E-state index contributed by atoms with van der Waals surface area (Å²) >= 11 is 0. The molecule has 0 radical (unpaired) electrons. The number of carboxylic acids is 1. The quantitative estimate of drug-likeness (QED) is 0.628. The van der Waals surface area contributed by atoms with Gasteiger partial charge in [0.1, 0.15) is 5.54 Å². The minimum Gasteiger partial charge on any atom is -0.480 e. The van der Waals surface area contributed by atoms with Crippen LogP contribution in [0, 0.1) is 5.92 Å². The molecule has 0 aromatic carbocycles. The lowest BCUT2D eigenvalue weighted by molar-refractivity contribution is -0.144. The van der Waals surface area contributed by atoms with Gasteiger partial charge in [0, 0.05) is 0 Å². The molecule has 0 aliphatic heterocycles. The van der Waals surface area contributed by atoms with E-state index in [-0.39, 0.29) is 5.92 Å². The molecule has 0 saturated heterocycles. The number of carbonyl (C=O) groups is 1. The molecule has 3 nitrogen and oxygen atoms in total. The first-order valence-electron chi connectivity index (χ1n) is 4.13. The molecule has 1 rings (SSSR count). The molecule has 3 N–H and O–H groups in total. The van der Waals surface area contributed by atoms with Gasteiger partial charge in [0.15, 0.2) is 0 Å². The fourth-order valence-corrected chi connectivity index (χ4v) is 1.95. The SMILES string of the molecule is CC[C@@H]1CCC[C@@]1(N)C(=O)O. The molecule has 1 aliphatic carbocycles. The average Bonchev–Trinajstić information content (AvgIpc) is 2.32. The Morgan fingerprint density at radius 3 is 2.82 bits per heavy atom. The van der Waals surface area contributed by atoms with Crippen LogP contribution in [0.3, 0.4) is 0 Å². The molecule has 1 fully saturated rings. The van der Waals surface area contributed by atoms with Gasteiger partial charge in [-0.1, -0.05) is 19.8 Å². The second-order valence-corrected chi connectivity index (χ2v) is 3.34. The fourth-order valence-electron chi connectivity index (χ4n) is 1.95. The smallest absolute Gasteiger partial charge is 0.323 e. The first kappa shape index (κ1) is 8.53. The summed E-state index contributed by atoms with van der Waals surface area (Å²) in [4.78, 5) is 10.8. The molecule has 0 aromatic rings. The predicted molar refractivity (Wildman–Crippen MR) is 42.2 cm³/mol. The third-order valence-corrected chi connectivity index (χ3v) is 2.76. The van der Waals surface area contributed by atoms with E-state index < -0.39 is 11.5 Å². The molecule has 0 spiro atoms. The second kappa shape index (κ2) is 2.81. The minimum absolute atomic E-state index is 0.181. The van der Waals surface area contributed by atoms with E-state index in [0.717, 1.165) is 19.3 Å². The third kappa shape index (κ3) is 1.25. The molecule has 1 aliphatic rings. The number of hydrogen-bond donors (Lipinski definition) is 2.